The fourth-order valence-electron chi connectivity index (χ4n) is 2.33. The lowest BCUT2D eigenvalue weighted by atomic mass is 9.85. The lowest BCUT2D eigenvalue weighted by molar-refractivity contribution is 0.0522. The highest BCUT2D eigenvalue weighted by Gasteiger charge is 2.40. The second-order valence-electron chi connectivity index (χ2n) is 4.24. The second-order valence-corrected chi connectivity index (χ2v) is 4.24. The second kappa shape index (κ2) is 3.86. The lowest BCUT2D eigenvalue weighted by Gasteiger charge is -2.33. The Morgan fingerprint density at radius 3 is 2.44 bits per heavy atom. The van der Waals surface area contributed by atoms with Crippen molar-refractivity contribution in [3.05, 3.63) is 54.1 Å². The van der Waals surface area contributed by atoms with Gasteiger partial charge < -0.3 is 9.84 Å². The van der Waals surface area contributed by atoms with Crippen LogP contribution in [-0.4, -0.2) is 11.7 Å². The van der Waals surface area contributed by atoms with E-state index in [2.05, 4.69) is 6.07 Å². The van der Waals surface area contributed by atoms with Gasteiger partial charge in [-0.2, -0.15) is 5.26 Å². The van der Waals surface area contributed by atoms with Gasteiger partial charge in [-0.3, -0.25) is 0 Å². The van der Waals surface area contributed by atoms with Crippen molar-refractivity contribution in [2.45, 2.75) is 5.60 Å². The van der Waals surface area contributed by atoms with Crippen molar-refractivity contribution in [2.75, 3.05) is 6.61 Å². The summed E-state index contributed by atoms with van der Waals surface area (Å²) in [5.41, 5.74) is 1.31. The molecular formula is C15H11NO2. The number of aliphatic hydroxyl groups excluding tert-OH is 1. The Labute approximate surface area is 105 Å². The van der Waals surface area contributed by atoms with E-state index in [1.54, 1.807) is 0 Å². The van der Waals surface area contributed by atoms with Crippen LogP contribution in [0.3, 0.4) is 0 Å². The third-order valence-electron chi connectivity index (χ3n) is 3.23. The van der Waals surface area contributed by atoms with Gasteiger partial charge in [0.05, 0.1) is 0 Å². The number of benzene rings is 2. The number of ether oxygens (including phenoxy) is 1. The summed E-state index contributed by atoms with van der Waals surface area (Å²) in [5, 5.41) is 18.9. The third kappa shape index (κ3) is 1.33. The molecular weight excluding hydrogens is 226 g/mol. The molecule has 0 radical (unpaired) electrons. The van der Waals surface area contributed by atoms with Crippen LogP contribution in [0.15, 0.2) is 48.5 Å². The molecule has 1 heterocycles. The minimum absolute atomic E-state index is 0.366. The van der Waals surface area contributed by atoms with Crippen LogP contribution in [-0.2, 0) is 5.60 Å². The average Bonchev–Trinajstić information content (AvgIpc) is 2.46. The maximum absolute atomic E-state index is 9.57. The number of aliphatic hydroxyl groups is 1. The first-order chi connectivity index (χ1) is 8.80. The number of fused-ring (bicyclic) bond motifs is 3. The van der Waals surface area contributed by atoms with Crippen molar-refractivity contribution in [1.29, 1.82) is 5.26 Å². The minimum Gasteiger partial charge on any atom is -0.465 e. The Morgan fingerprint density at radius 2 is 1.72 bits per heavy atom. The molecule has 88 valence electrons. The molecule has 0 aromatic heterocycles. The Hall–Kier alpha value is -2.31. The molecule has 2 aromatic carbocycles. The molecule has 1 aliphatic rings. The number of hydrogen-bond acceptors (Lipinski definition) is 3. The van der Waals surface area contributed by atoms with Crippen molar-refractivity contribution in [3.8, 4) is 22.9 Å². The molecule has 0 saturated carbocycles. The molecule has 1 atom stereocenters. The molecule has 18 heavy (non-hydrogen) atoms. The van der Waals surface area contributed by atoms with E-state index < -0.39 is 5.60 Å². The normalized spacial score (nSPS) is 20.2. The summed E-state index contributed by atoms with van der Waals surface area (Å²) >= 11 is 0. The molecule has 3 rings (SSSR count). The fourth-order valence-corrected chi connectivity index (χ4v) is 2.33. The maximum Gasteiger partial charge on any atom is 0.242 e. The van der Waals surface area contributed by atoms with Crippen LogP contribution < -0.4 is 4.74 Å². The van der Waals surface area contributed by atoms with Crippen LogP contribution in [0.25, 0.3) is 11.1 Å². The Kier molecular flexibility index (Phi) is 2.32. The van der Waals surface area contributed by atoms with E-state index in [-0.39, 0.29) is 6.61 Å². The summed E-state index contributed by atoms with van der Waals surface area (Å²) in [7, 11) is 0. The standard InChI is InChI=1S/C15H11NO2/c16-9-15(10-17)13-7-3-1-5-11(13)12-6-2-4-8-14(12)18-15/h1-8,17H,10H2. The quantitative estimate of drug-likeness (QED) is 0.828. The molecule has 0 spiro atoms. The van der Waals surface area contributed by atoms with E-state index in [9.17, 15) is 10.4 Å². The molecule has 0 fully saturated rings. The molecule has 3 heteroatoms. The Bertz CT molecular complexity index is 645. The SMILES string of the molecule is N#CC1(CO)Oc2ccccc2-c2ccccc21. The first-order valence-electron chi connectivity index (χ1n) is 5.71. The predicted molar refractivity (Wildman–Crippen MR) is 66.9 cm³/mol. The van der Waals surface area contributed by atoms with Crippen LogP contribution >= 0.6 is 0 Å². The van der Waals surface area contributed by atoms with Crippen LogP contribution in [0, 0.1) is 11.3 Å². The van der Waals surface area contributed by atoms with E-state index in [1.165, 1.54) is 0 Å². The van der Waals surface area contributed by atoms with Crippen LogP contribution in [0.4, 0.5) is 0 Å². The maximum atomic E-state index is 9.57. The van der Waals surface area contributed by atoms with Crippen molar-refractivity contribution < 1.29 is 9.84 Å². The number of rotatable bonds is 1. The van der Waals surface area contributed by atoms with Gasteiger partial charge in [0, 0.05) is 11.1 Å². The fraction of sp³-hybridized carbons (Fsp3) is 0.133. The molecule has 3 nitrogen and oxygen atoms in total. The number of nitriles is 1. The number of hydrogen-bond donors (Lipinski definition) is 1. The Morgan fingerprint density at radius 1 is 1.06 bits per heavy atom. The van der Waals surface area contributed by atoms with Gasteiger partial charge >= 0.3 is 0 Å². The van der Waals surface area contributed by atoms with Crippen molar-refractivity contribution >= 4 is 0 Å². The van der Waals surface area contributed by atoms with Gasteiger partial charge in [0.15, 0.2) is 0 Å². The summed E-state index contributed by atoms with van der Waals surface area (Å²) in [6.07, 6.45) is 0. The smallest absolute Gasteiger partial charge is 0.242 e. The van der Waals surface area contributed by atoms with Gasteiger partial charge in [-0.15, -0.1) is 0 Å². The molecule has 2 aromatic rings. The molecule has 1 aliphatic heterocycles. The van der Waals surface area contributed by atoms with Gasteiger partial charge in [0.2, 0.25) is 5.60 Å². The third-order valence-corrected chi connectivity index (χ3v) is 3.23. The summed E-state index contributed by atoms with van der Waals surface area (Å²) in [4.78, 5) is 0. The molecule has 1 N–H and O–H groups in total. The average molecular weight is 237 g/mol. The first kappa shape index (κ1) is 10.8. The zero-order valence-electron chi connectivity index (χ0n) is 9.63. The minimum atomic E-state index is -1.30. The van der Waals surface area contributed by atoms with Gasteiger partial charge in [-0.05, 0) is 11.6 Å². The zero-order valence-corrected chi connectivity index (χ0v) is 9.63. The zero-order chi connectivity index (χ0) is 12.6. The molecule has 0 amide bonds. The highest BCUT2D eigenvalue weighted by atomic mass is 16.5. The summed E-state index contributed by atoms with van der Waals surface area (Å²) in [6, 6.07) is 17.2. The Balaban J connectivity index is 2.33. The summed E-state index contributed by atoms with van der Waals surface area (Å²) in [5.74, 6) is 0.631. The van der Waals surface area contributed by atoms with Crippen molar-refractivity contribution in [1.82, 2.24) is 0 Å². The van der Waals surface area contributed by atoms with E-state index in [0.717, 1.165) is 11.1 Å². The van der Waals surface area contributed by atoms with Crippen LogP contribution in [0.5, 0.6) is 5.75 Å². The highest BCUT2D eigenvalue weighted by Crippen LogP contribution is 2.44. The highest BCUT2D eigenvalue weighted by molar-refractivity contribution is 5.77. The number of nitrogens with zero attached hydrogens (tertiary/aromatic N) is 1. The van der Waals surface area contributed by atoms with Crippen LogP contribution in [0.2, 0.25) is 0 Å². The molecule has 1 unspecified atom stereocenters. The lowest BCUT2D eigenvalue weighted by Crippen LogP contribution is -2.38. The molecule has 0 aliphatic carbocycles. The van der Waals surface area contributed by atoms with Gasteiger partial charge in [-0.25, -0.2) is 0 Å². The largest absolute Gasteiger partial charge is 0.465 e. The van der Waals surface area contributed by atoms with Gasteiger partial charge in [-0.1, -0.05) is 42.5 Å². The monoisotopic (exact) mass is 237 g/mol. The van der Waals surface area contributed by atoms with E-state index in [4.69, 9.17) is 4.74 Å². The molecule has 0 bridgehead atoms. The molecule has 0 saturated heterocycles. The summed E-state index contributed by atoms with van der Waals surface area (Å²) in [6.45, 7) is -0.366. The van der Waals surface area contributed by atoms with Gasteiger partial charge in [0.25, 0.3) is 0 Å². The van der Waals surface area contributed by atoms with Crippen LogP contribution in [0.1, 0.15) is 5.56 Å². The van der Waals surface area contributed by atoms with E-state index in [1.807, 2.05) is 48.5 Å². The number of para-hydroxylation sites is 1. The van der Waals surface area contributed by atoms with E-state index in [0.29, 0.717) is 11.3 Å². The first-order valence-corrected chi connectivity index (χ1v) is 5.71. The predicted octanol–water partition coefficient (Wildman–Crippen LogP) is 2.46. The topological polar surface area (TPSA) is 53.2 Å². The summed E-state index contributed by atoms with van der Waals surface area (Å²) < 4.78 is 5.73. The van der Waals surface area contributed by atoms with E-state index >= 15 is 0 Å². The van der Waals surface area contributed by atoms with Crippen molar-refractivity contribution in [3.63, 3.8) is 0 Å². The van der Waals surface area contributed by atoms with Crippen molar-refractivity contribution in [2.24, 2.45) is 0 Å². The van der Waals surface area contributed by atoms with Gasteiger partial charge in [0.1, 0.15) is 18.4 Å².